The molecule has 1 aliphatic rings. The molecule has 2 heterocycles. The quantitative estimate of drug-likeness (QED) is 0.441. The van der Waals surface area contributed by atoms with Crippen LogP contribution in [0.25, 0.3) is 0 Å². The standard InChI is InChI=1S/C27H32N4O2/c1-4-28-26(30-23-17-27(2,3)33-24-10-6-5-9-22(23)24)29-18-20-12-14-21(15-13-20)19-31-16-8-7-11-25(31)32/h5-16,23H,4,17-19H2,1-3H3,(H2,28,29,30). The highest BCUT2D eigenvalue weighted by atomic mass is 16.5. The minimum absolute atomic E-state index is 0.00500. The van der Waals surface area contributed by atoms with E-state index in [0.29, 0.717) is 13.1 Å². The second-order valence-electron chi connectivity index (χ2n) is 8.98. The molecule has 1 aromatic heterocycles. The van der Waals surface area contributed by atoms with Gasteiger partial charge in [-0.15, -0.1) is 0 Å². The number of aromatic nitrogens is 1. The van der Waals surface area contributed by atoms with Crippen LogP contribution in [0.5, 0.6) is 5.75 Å². The summed E-state index contributed by atoms with van der Waals surface area (Å²) in [6.45, 7) is 8.21. The second-order valence-corrected chi connectivity index (χ2v) is 8.98. The highest BCUT2D eigenvalue weighted by Crippen LogP contribution is 2.39. The molecule has 2 aromatic carbocycles. The number of fused-ring (bicyclic) bond motifs is 1. The lowest BCUT2D eigenvalue weighted by molar-refractivity contribution is 0.0694. The van der Waals surface area contributed by atoms with E-state index >= 15 is 0 Å². The first kappa shape index (κ1) is 22.6. The van der Waals surface area contributed by atoms with Crippen molar-refractivity contribution in [2.24, 2.45) is 4.99 Å². The van der Waals surface area contributed by atoms with Gasteiger partial charge in [0.15, 0.2) is 5.96 Å². The number of nitrogens with zero attached hydrogens (tertiary/aromatic N) is 2. The van der Waals surface area contributed by atoms with Gasteiger partial charge in [0.05, 0.1) is 19.1 Å². The van der Waals surface area contributed by atoms with Gasteiger partial charge >= 0.3 is 0 Å². The number of pyridine rings is 1. The van der Waals surface area contributed by atoms with Crippen molar-refractivity contribution in [3.05, 3.63) is 100.0 Å². The maximum absolute atomic E-state index is 11.9. The van der Waals surface area contributed by atoms with Crippen molar-refractivity contribution in [2.75, 3.05) is 6.54 Å². The van der Waals surface area contributed by atoms with Crippen LogP contribution >= 0.6 is 0 Å². The molecule has 0 spiro atoms. The zero-order valence-corrected chi connectivity index (χ0v) is 19.5. The van der Waals surface area contributed by atoms with Crippen LogP contribution in [0.15, 0.2) is 82.7 Å². The number of rotatable bonds is 6. The molecular weight excluding hydrogens is 412 g/mol. The van der Waals surface area contributed by atoms with Gasteiger partial charge in [-0.25, -0.2) is 4.99 Å². The summed E-state index contributed by atoms with van der Waals surface area (Å²) in [5.74, 6) is 1.71. The Labute approximate surface area is 195 Å². The number of hydrogen-bond donors (Lipinski definition) is 2. The van der Waals surface area contributed by atoms with E-state index in [2.05, 4.69) is 61.7 Å². The van der Waals surface area contributed by atoms with E-state index in [1.54, 1.807) is 16.7 Å². The number of ether oxygens (including phenoxy) is 1. The van der Waals surface area contributed by atoms with Crippen molar-refractivity contribution in [2.45, 2.75) is 51.9 Å². The van der Waals surface area contributed by atoms with Gasteiger partial charge in [-0.2, -0.15) is 0 Å². The van der Waals surface area contributed by atoms with Gasteiger partial charge in [-0.05, 0) is 44.0 Å². The van der Waals surface area contributed by atoms with Crippen molar-refractivity contribution in [1.82, 2.24) is 15.2 Å². The van der Waals surface area contributed by atoms with Crippen molar-refractivity contribution in [1.29, 1.82) is 0 Å². The average molecular weight is 445 g/mol. The lowest BCUT2D eigenvalue weighted by atomic mass is 9.90. The summed E-state index contributed by atoms with van der Waals surface area (Å²) in [5, 5.41) is 6.98. The molecular formula is C27H32N4O2. The van der Waals surface area contributed by atoms with Crippen molar-refractivity contribution >= 4 is 5.96 Å². The molecule has 0 amide bonds. The highest BCUT2D eigenvalue weighted by Gasteiger charge is 2.33. The van der Waals surface area contributed by atoms with Crippen LogP contribution in [0.4, 0.5) is 0 Å². The molecule has 0 bridgehead atoms. The van der Waals surface area contributed by atoms with Crippen LogP contribution in [0.2, 0.25) is 0 Å². The zero-order valence-electron chi connectivity index (χ0n) is 19.5. The molecule has 3 aromatic rings. The van der Waals surface area contributed by atoms with Gasteiger partial charge in [-0.3, -0.25) is 4.79 Å². The fraction of sp³-hybridized carbons (Fsp3) is 0.333. The molecule has 4 rings (SSSR count). The molecule has 1 unspecified atom stereocenters. The summed E-state index contributed by atoms with van der Waals surface area (Å²) in [7, 11) is 0. The molecule has 6 nitrogen and oxygen atoms in total. The summed E-state index contributed by atoms with van der Waals surface area (Å²) >= 11 is 0. The molecule has 0 fully saturated rings. The highest BCUT2D eigenvalue weighted by molar-refractivity contribution is 5.80. The van der Waals surface area contributed by atoms with E-state index in [4.69, 9.17) is 9.73 Å². The topological polar surface area (TPSA) is 67.7 Å². The lowest BCUT2D eigenvalue weighted by Crippen LogP contribution is -2.45. The minimum atomic E-state index is -0.250. The Morgan fingerprint density at radius 1 is 1.06 bits per heavy atom. The summed E-state index contributed by atoms with van der Waals surface area (Å²) < 4.78 is 7.86. The fourth-order valence-electron chi connectivity index (χ4n) is 4.12. The Bertz CT molecular complexity index is 1160. The number of nitrogens with one attached hydrogen (secondary N) is 2. The van der Waals surface area contributed by atoms with Gasteiger partial charge in [0.1, 0.15) is 11.4 Å². The van der Waals surface area contributed by atoms with Crippen LogP contribution in [-0.4, -0.2) is 22.7 Å². The third-order valence-electron chi connectivity index (χ3n) is 5.73. The van der Waals surface area contributed by atoms with Crippen LogP contribution in [0, 0.1) is 0 Å². The number of benzene rings is 2. The van der Waals surface area contributed by atoms with E-state index in [0.717, 1.165) is 41.4 Å². The summed E-state index contributed by atoms with van der Waals surface area (Å²) in [6.07, 6.45) is 2.66. The van der Waals surface area contributed by atoms with Gasteiger partial charge in [0.25, 0.3) is 5.56 Å². The van der Waals surface area contributed by atoms with Crippen LogP contribution in [0.3, 0.4) is 0 Å². The Morgan fingerprint density at radius 3 is 2.55 bits per heavy atom. The van der Waals surface area contributed by atoms with Gasteiger partial charge in [-0.1, -0.05) is 48.5 Å². The van der Waals surface area contributed by atoms with Crippen molar-refractivity contribution in [3.8, 4) is 5.75 Å². The van der Waals surface area contributed by atoms with Crippen LogP contribution in [-0.2, 0) is 13.1 Å². The third kappa shape index (κ3) is 5.83. The first-order chi connectivity index (χ1) is 15.9. The average Bonchev–Trinajstić information content (AvgIpc) is 2.79. The zero-order chi connectivity index (χ0) is 23.3. The lowest BCUT2D eigenvalue weighted by Gasteiger charge is -2.38. The van der Waals surface area contributed by atoms with Gasteiger partial charge < -0.3 is 19.9 Å². The van der Waals surface area contributed by atoms with E-state index in [-0.39, 0.29) is 17.2 Å². The third-order valence-corrected chi connectivity index (χ3v) is 5.73. The molecule has 0 saturated carbocycles. The Hall–Kier alpha value is -3.54. The van der Waals surface area contributed by atoms with Gasteiger partial charge in [0, 0.05) is 30.8 Å². The molecule has 1 atom stereocenters. The predicted octanol–water partition coefficient (Wildman–Crippen LogP) is 4.25. The monoisotopic (exact) mass is 444 g/mol. The SMILES string of the molecule is CCNC(=NCc1ccc(Cn2ccccc2=O)cc1)NC1CC(C)(C)Oc2ccccc21. The molecule has 1 aliphatic heterocycles. The Morgan fingerprint density at radius 2 is 1.79 bits per heavy atom. The fourth-order valence-corrected chi connectivity index (χ4v) is 4.12. The number of hydrogen-bond acceptors (Lipinski definition) is 3. The van der Waals surface area contributed by atoms with Crippen LogP contribution in [0.1, 0.15) is 49.9 Å². The van der Waals surface area contributed by atoms with E-state index in [9.17, 15) is 4.79 Å². The maximum Gasteiger partial charge on any atom is 0.250 e. The van der Waals surface area contributed by atoms with Crippen LogP contribution < -0.4 is 20.9 Å². The number of para-hydroxylation sites is 1. The largest absolute Gasteiger partial charge is 0.487 e. The van der Waals surface area contributed by atoms with Crippen molar-refractivity contribution in [3.63, 3.8) is 0 Å². The predicted molar refractivity (Wildman–Crippen MR) is 133 cm³/mol. The maximum atomic E-state index is 11.9. The minimum Gasteiger partial charge on any atom is -0.487 e. The van der Waals surface area contributed by atoms with Gasteiger partial charge in [0.2, 0.25) is 0 Å². The number of guanidine groups is 1. The summed E-state index contributed by atoms with van der Waals surface area (Å²) in [6, 6.07) is 21.8. The molecule has 33 heavy (non-hydrogen) atoms. The van der Waals surface area contributed by atoms with E-state index < -0.39 is 0 Å². The molecule has 6 heteroatoms. The Kier molecular flexibility index (Phi) is 6.82. The normalized spacial score (nSPS) is 17.1. The Balaban J connectivity index is 1.45. The van der Waals surface area contributed by atoms with Crippen molar-refractivity contribution < 1.29 is 4.74 Å². The molecule has 2 N–H and O–H groups in total. The molecule has 0 saturated heterocycles. The van der Waals surface area contributed by atoms with E-state index in [1.165, 1.54) is 0 Å². The molecule has 0 aliphatic carbocycles. The summed E-state index contributed by atoms with van der Waals surface area (Å²) in [5.41, 5.74) is 3.11. The summed E-state index contributed by atoms with van der Waals surface area (Å²) in [4.78, 5) is 16.8. The first-order valence-corrected chi connectivity index (χ1v) is 11.5. The molecule has 172 valence electrons. The smallest absolute Gasteiger partial charge is 0.250 e. The first-order valence-electron chi connectivity index (χ1n) is 11.5. The second kappa shape index (κ2) is 9.94. The number of aliphatic imine (C=N–C) groups is 1. The van der Waals surface area contributed by atoms with E-state index in [1.807, 2.05) is 30.5 Å². The molecule has 0 radical (unpaired) electrons.